The molecule has 1 aromatic heterocycles. The molecule has 0 radical (unpaired) electrons. The summed E-state index contributed by atoms with van der Waals surface area (Å²) in [7, 11) is 0. The number of piperazine rings is 1. The number of rotatable bonds is 9. The lowest BCUT2D eigenvalue weighted by molar-refractivity contribution is -0.137. The van der Waals surface area contributed by atoms with Crippen LogP contribution in [0.3, 0.4) is 0 Å². The molecule has 200 valence electrons. The molecule has 1 atom stereocenters. The fourth-order valence-electron chi connectivity index (χ4n) is 4.97. The average Bonchev–Trinajstić information content (AvgIpc) is 3.73. The monoisotopic (exact) mass is 519 g/mol. The molecular weight excluding hydrogens is 486 g/mol. The highest BCUT2D eigenvalue weighted by atomic mass is 16.4. The van der Waals surface area contributed by atoms with Gasteiger partial charge in [-0.1, -0.05) is 12.5 Å². The van der Waals surface area contributed by atoms with Crippen molar-refractivity contribution in [3.05, 3.63) is 53.9 Å². The Morgan fingerprint density at radius 1 is 1.00 bits per heavy atom. The van der Waals surface area contributed by atoms with Gasteiger partial charge in [-0.25, -0.2) is 0 Å². The van der Waals surface area contributed by atoms with E-state index in [2.05, 4.69) is 20.5 Å². The number of hydrogen-bond donors (Lipinski definition) is 3. The number of carboxylic acids is 1. The van der Waals surface area contributed by atoms with Crippen LogP contribution in [0.2, 0.25) is 0 Å². The van der Waals surface area contributed by atoms with Crippen LogP contribution in [-0.2, 0) is 14.4 Å². The van der Waals surface area contributed by atoms with Gasteiger partial charge in [0.1, 0.15) is 0 Å². The summed E-state index contributed by atoms with van der Waals surface area (Å²) in [6.45, 7) is 2.51. The molecule has 3 fully saturated rings. The second kappa shape index (κ2) is 11.2. The maximum atomic E-state index is 13.2. The molecule has 1 aromatic carbocycles. The quantitative estimate of drug-likeness (QED) is 0.464. The van der Waals surface area contributed by atoms with Gasteiger partial charge in [0.15, 0.2) is 0 Å². The van der Waals surface area contributed by atoms with Crippen LogP contribution >= 0.6 is 0 Å². The zero-order valence-electron chi connectivity index (χ0n) is 21.3. The Bertz CT molecular complexity index is 1200. The van der Waals surface area contributed by atoms with Crippen molar-refractivity contribution in [1.29, 1.82) is 0 Å². The van der Waals surface area contributed by atoms with E-state index in [1.54, 1.807) is 30.5 Å². The Balaban J connectivity index is 1.34. The lowest BCUT2D eigenvalue weighted by atomic mass is 9.85. The van der Waals surface area contributed by atoms with Gasteiger partial charge in [0, 0.05) is 56.0 Å². The van der Waals surface area contributed by atoms with Crippen molar-refractivity contribution >= 4 is 35.1 Å². The minimum Gasteiger partial charge on any atom is -0.481 e. The maximum absolute atomic E-state index is 13.2. The molecule has 10 heteroatoms. The van der Waals surface area contributed by atoms with E-state index in [-0.39, 0.29) is 30.1 Å². The summed E-state index contributed by atoms with van der Waals surface area (Å²) in [5, 5.41) is 15.2. The van der Waals surface area contributed by atoms with E-state index in [1.165, 1.54) is 6.20 Å². The smallest absolute Gasteiger partial charge is 0.305 e. The number of nitrogens with one attached hydrogen (secondary N) is 2. The van der Waals surface area contributed by atoms with Crippen LogP contribution in [0.25, 0.3) is 0 Å². The van der Waals surface area contributed by atoms with Crippen LogP contribution < -0.4 is 15.5 Å². The zero-order valence-corrected chi connectivity index (χ0v) is 21.3. The SMILES string of the molecule is O=C(O)CC(NC(=O)c1ccc(N2CCN(C(=O)C3CC3)CC2)c(NC(=O)C2CCC2)c1)c1cccnc1. The molecule has 5 rings (SSSR count). The van der Waals surface area contributed by atoms with E-state index in [0.717, 1.165) is 37.8 Å². The lowest BCUT2D eigenvalue weighted by Gasteiger charge is -2.37. The molecule has 1 unspecified atom stereocenters. The van der Waals surface area contributed by atoms with Gasteiger partial charge in [0.25, 0.3) is 5.91 Å². The van der Waals surface area contributed by atoms with E-state index in [1.807, 2.05) is 11.0 Å². The van der Waals surface area contributed by atoms with Crippen molar-refractivity contribution in [2.45, 2.75) is 44.6 Å². The number of aliphatic carboxylic acids is 1. The van der Waals surface area contributed by atoms with Crippen LogP contribution in [0, 0.1) is 11.8 Å². The van der Waals surface area contributed by atoms with E-state index in [9.17, 15) is 24.3 Å². The Hall–Kier alpha value is -3.95. The highest BCUT2D eigenvalue weighted by molar-refractivity contribution is 6.01. The number of anilines is 2. The van der Waals surface area contributed by atoms with Crippen molar-refractivity contribution in [3.63, 3.8) is 0 Å². The lowest BCUT2D eigenvalue weighted by Crippen LogP contribution is -2.49. The summed E-state index contributed by atoms with van der Waals surface area (Å²) in [5.41, 5.74) is 2.27. The second-order valence-electron chi connectivity index (χ2n) is 10.3. The number of hydrogen-bond acceptors (Lipinski definition) is 6. The van der Waals surface area contributed by atoms with Crippen molar-refractivity contribution in [1.82, 2.24) is 15.2 Å². The minimum atomic E-state index is -1.04. The van der Waals surface area contributed by atoms with Gasteiger partial charge in [-0.2, -0.15) is 0 Å². The van der Waals surface area contributed by atoms with E-state index in [4.69, 9.17) is 0 Å². The summed E-state index contributed by atoms with van der Waals surface area (Å²) < 4.78 is 0. The van der Waals surface area contributed by atoms with Gasteiger partial charge in [0.2, 0.25) is 11.8 Å². The third-order valence-electron chi connectivity index (χ3n) is 7.62. The standard InChI is InChI=1S/C28H33N5O5/c34-25(35)16-22(21-5-2-10-29-17-21)30-27(37)20-8-9-24(23(15-20)31-26(36)18-3-1-4-18)32-11-13-33(14-12-32)28(38)19-6-7-19/h2,5,8-10,15,17-19,22H,1,3-4,6-7,11-14,16H2,(H,30,37)(H,31,36)(H,34,35). The van der Waals surface area contributed by atoms with E-state index < -0.39 is 17.9 Å². The van der Waals surface area contributed by atoms with Crippen LogP contribution in [-0.4, -0.2) is 64.9 Å². The highest BCUT2D eigenvalue weighted by Gasteiger charge is 2.35. The Kier molecular flexibility index (Phi) is 7.57. The second-order valence-corrected chi connectivity index (χ2v) is 10.3. The van der Waals surface area contributed by atoms with Crippen molar-refractivity contribution in [2.24, 2.45) is 11.8 Å². The Labute approximate surface area is 221 Å². The zero-order chi connectivity index (χ0) is 26.6. The van der Waals surface area contributed by atoms with Crippen LogP contribution in [0.1, 0.15) is 60.5 Å². The topological polar surface area (TPSA) is 132 Å². The largest absolute Gasteiger partial charge is 0.481 e. The summed E-state index contributed by atoms with van der Waals surface area (Å²) in [5.74, 6) is -1.14. The molecule has 2 aliphatic carbocycles. The van der Waals surface area contributed by atoms with Gasteiger partial charge in [-0.3, -0.25) is 24.2 Å². The molecule has 10 nitrogen and oxygen atoms in total. The number of amides is 3. The molecule has 3 aliphatic rings. The Morgan fingerprint density at radius 2 is 1.76 bits per heavy atom. The van der Waals surface area contributed by atoms with Gasteiger partial charge in [0.05, 0.1) is 23.8 Å². The number of benzene rings is 1. The highest BCUT2D eigenvalue weighted by Crippen LogP contribution is 2.34. The van der Waals surface area contributed by atoms with Crippen LogP contribution in [0.4, 0.5) is 11.4 Å². The number of nitrogens with zero attached hydrogens (tertiary/aromatic N) is 3. The first-order valence-corrected chi connectivity index (χ1v) is 13.3. The van der Waals surface area contributed by atoms with Crippen molar-refractivity contribution in [3.8, 4) is 0 Å². The summed E-state index contributed by atoms with van der Waals surface area (Å²) in [4.78, 5) is 58.1. The molecule has 2 saturated carbocycles. The van der Waals surface area contributed by atoms with E-state index in [0.29, 0.717) is 43.0 Å². The van der Waals surface area contributed by atoms with Gasteiger partial charge in [-0.15, -0.1) is 0 Å². The van der Waals surface area contributed by atoms with Crippen LogP contribution in [0.5, 0.6) is 0 Å². The normalized spacial score (nSPS) is 18.3. The predicted molar refractivity (Wildman–Crippen MR) is 141 cm³/mol. The number of carboxylic acid groups (broad SMARTS) is 1. The number of carbonyl (C=O) groups excluding carboxylic acids is 3. The molecule has 38 heavy (non-hydrogen) atoms. The molecule has 1 saturated heterocycles. The molecular formula is C28H33N5O5. The van der Waals surface area contributed by atoms with Crippen molar-refractivity contribution < 1.29 is 24.3 Å². The molecule has 0 bridgehead atoms. The average molecular weight is 520 g/mol. The molecule has 2 aromatic rings. The summed E-state index contributed by atoms with van der Waals surface area (Å²) in [6, 6.07) is 7.83. The van der Waals surface area contributed by atoms with Gasteiger partial charge in [-0.05, 0) is 55.5 Å². The molecule has 1 aliphatic heterocycles. The Morgan fingerprint density at radius 3 is 2.37 bits per heavy atom. The maximum Gasteiger partial charge on any atom is 0.305 e. The molecule has 2 heterocycles. The summed E-state index contributed by atoms with van der Waals surface area (Å²) >= 11 is 0. The number of pyridine rings is 1. The predicted octanol–water partition coefficient (Wildman–Crippen LogP) is 2.82. The molecule has 3 N–H and O–H groups in total. The van der Waals surface area contributed by atoms with Crippen molar-refractivity contribution in [2.75, 3.05) is 36.4 Å². The van der Waals surface area contributed by atoms with Crippen LogP contribution in [0.15, 0.2) is 42.7 Å². The third-order valence-corrected chi connectivity index (χ3v) is 7.62. The first-order chi connectivity index (χ1) is 18.4. The number of carbonyl (C=O) groups is 4. The first kappa shape index (κ1) is 25.7. The third kappa shape index (κ3) is 5.95. The number of aromatic nitrogens is 1. The van der Waals surface area contributed by atoms with Gasteiger partial charge >= 0.3 is 5.97 Å². The van der Waals surface area contributed by atoms with Gasteiger partial charge < -0.3 is 25.5 Å². The fraction of sp³-hybridized carbons (Fsp3) is 0.464. The van der Waals surface area contributed by atoms with E-state index >= 15 is 0 Å². The summed E-state index contributed by atoms with van der Waals surface area (Å²) in [6.07, 6.45) is 7.53. The fourth-order valence-corrected chi connectivity index (χ4v) is 4.97. The minimum absolute atomic E-state index is 0.0288. The molecule has 0 spiro atoms. The first-order valence-electron chi connectivity index (χ1n) is 13.3. The molecule has 3 amide bonds.